The Morgan fingerprint density at radius 1 is 0.900 bits per heavy atom. The van der Waals surface area contributed by atoms with Crippen LogP contribution in [0.25, 0.3) is 5.76 Å². The number of phenolic OH excluding ortho intramolecular Hbond substituents is 1. The van der Waals surface area contributed by atoms with Crippen LogP contribution in [-0.4, -0.2) is 21.9 Å². The topological polar surface area (TPSA) is 77.8 Å². The molecular formula is C24H18FNO4. The van der Waals surface area contributed by atoms with Crippen LogP contribution in [0.15, 0.2) is 78.4 Å². The summed E-state index contributed by atoms with van der Waals surface area (Å²) < 4.78 is 13.5. The van der Waals surface area contributed by atoms with Gasteiger partial charge in [0.05, 0.1) is 11.6 Å². The van der Waals surface area contributed by atoms with E-state index in [2.05, 4.69) is 0 Å². The molecule has 0 aliphatic carbocycles. The zero-order chi connectivity index (χ0) is 21.4. The van der Waals surface area contributed by atoms with Crippen LogP contribution in [0.4, 0.5) is 10.1 Å². The van der Waals surface area contributed by atoms with E-state index < -0.39 is 23.5 Å². The van der Waals surface area contributed by atoms with Crippen LogP contribution in [0.3, 0.4) is 0 Å². The Bertz CT molecular complexity index is 1150. The summed E-state index contributed by atoms with van der Waals surface area (Å²) in [5.74, 6) is -2.41. The molecule has 2 N–H and O–H groups in total. The molecule has 1 saturated heterocycles. The maximum absolute atomic E-state index is 13.5. The fourth-order valence-corrected chi connectivity index (χ4v) is 3.54. The Kier molecular flexibility index (Phi) is 4.83. The van der Waals surface area contributed by atoms with Crippen LogP contribution in [0.2, 0.25) is 0 Å². The molecule has 1 aliphatic rings. The normalized spacial score (nSPS) is 18.1. The van der Waals surface area contributed by atoms with Gasteiger partial charge in [-0.05, 0) is 48.9 Å². The number of hydrogen-bond donors (Lipinski definition) is 2. The number of amides is 1. The molecule has 1 amide bonds. The lowest BCUT2D eigenvalue weighted by Gasteiger charge is -2.25. The van der Waals surface area contributed by atoms with Gasteiger partial charge in [-0.15, -0.1) is 0 Å². The number of carbonyl (C=O) groups is 2. The summed E-state index contributed by atoms with van der Waals surface area (Å²) in [6, 6.07) is 17.2. The first kappa shape index (κ1) is 19.4. The van der Waals surface area contributed by atoms with Crippen molar-refractivity contribution in [3.8, 4) is 5.75 Å². The second-order valence-corrected chi connectivity index (χ2v) is 7.10. The fraction of sp³-hybridized carbons (Fsp3) is 0.0833. The zero-order valence-corrected chi connectivity index (χ0v) is 16.0. The number of nitrogens with zero attached hydrogens (tertiary/aromatic N) is 1. The van der Waals surface area contributed by atoms with E-state index in [1.807, 2.05) is 6.92 Å². The van der Waals surface area contributed by atoms with Gasteiger partial charge in [-0.3, -0.25) is 14.5 Å². The minimum Gasteiger partial charge on any atom is -0.508 e. The molecule has 1 fully saturated rings. The molecule has 3 aromatic rings. The molecular weight excluding hydrogens is 385 g/mol. The van der Waals surface area contributed by atoms with Gasteiger partial charge in [0.15, 0.2) is 0 Å². The van der Waals surface area contributed by atoms with Crippen LogP contribution in [-0.2, 0) is 9.59 Å². The number of halogens is 1. The third kappa shape index (κ3) is 3.33. The van der Waals surface area contributed by atoms with E-state index in [1.165, 1.54) is 53.4 Å². The van der Waals surface area contributed by atoms with E-state index in [4.69, 9.17) is 0 Å². The summed E-state index contributed by atoms with van der Waals surface area (Å²) in [6.45, 7) is 1.89. The van der Waals surface area contributed by atoms with E-state index in [0.29, 0.717) is 16.8 Å². The largest absolute Gasteiger partial charge is 0.508 e. The molecule has 4 rings (SSSR count). The van der Waals surface area contributed by atoms with E-state index in [1.54, 1.807) is 24.3 Å². The van der Waals surface area contributed by atoms with Gasteiger partial charge >= 0.3 is 0 Å². The van der Waals surface area contributed by atoms with Gasteiger partial charge in [0, 0.05) is 11.3 Å². The van der Waals surface area contributed by atoms with E-state index in [-0.39, 0.29) is 17.1 Å². The number of rotatable bonds is 3. The Hall–Kier alpha value is -3.93. The molecule has 5 nitrogen and oxygen atoms in total. The number of aliphatic hydroxyl groups excluding tert-OH is 1. The summed E-state index contributed by atoms with van der Waals surface area (Å²) >= 11 is 0. The summed E-state index contributed by atoms with van der Waals surface area (Å²) in [6.07, 6.45) is 0. The average molecular weight is 403 g/mol. The molecule has 150 valence electrons. The Morgan fingerprint density at radius 2 is 1.50 bits per heavy atom. The quantitative estimate of drug-likeness (QED) is 0.384. The van der Waals surface area contributed by atoms with Crippen molar-refractivity contribution >= 4 is 23.1 Å². The van der Waals surface area contributed by atoms with Crippen LogP contribution >= 0.6 is 0 Å². The molecule has 30 heavy (non-hydrogen) atoms. The van der Waals surface area contributed by atoms with Gasteiger partial charge in [0.1, 0.15) is 17.3 Å². The standard InChI is InChI=1S/C24H18FNO4/c1-14-2-4-16(5-3-14)22(28)20-21(15-6-8-17(25)9-7-15)26(24(30)23(20)29)18-10-12-19(27)13-11-18/h2-13,21,27-28H,1H3/b22-20-. The van der Waals surface area contributed by atoms with Crippen molar-refractivity contribution in [2.45, 2.75) is 13.0 Å². The molecule has 1 unspecified atom stereocenters. The minimum absolute atomic E-state index is 0.00771. The number of aliphatic hydroxyl groups is 1. The highest BCUT2D eigenvalue weighted by molar-refractivity contribution is 6.51. The first-order valence-corrected chi connectivity index (χ1v) is 9.29. The van der Waals surface area contributed by atoms with Crippen molar-refractivity contribution in [2.75, 3.05) is 4.90 Å². The van der Waals surface area contributed by atoms with Gasteiger partial charge in [0.25, 0.3) is 11.7 Å². The second kappa shape index (κ2) is 7.48. The molecule has 0 bridgehead atoms. The maximum atomic E-state index is 13.5. The van der Waals surface area contributed by atoms with E-state index in [9.17, 15) is 24.2 Å². The van der Waals surface area contributed by atoms with E-state index >= 15 is 0 Å². The SMILES string of the molecule is Cc1ccc(/C(O)=C2/C(=O)C(=O)N(c3ccc(O)cc3)C2c2ccc(F)cc2)cc1. The molecule has 1 atom stereocenters. The molecule has 3 aromatic carbocycles. The molecule has 0 spiro atoms. The lowest BCUT2D eigenvalue weighted by atomic mass is 9.95. The molecule has 1 aliphatic heterocycles. The summed E-state index contributed by atoms with van der Waals surface area (Å²) in [4.78, 5) is 27.1. The molecule has 1 heterocycles. The van der Waals surface area contributed by atoms with Crippen molar-refractivity contribution < 1.29 is 24.2 Å². The molecule has 0 radical (unpaired) electrons. The van der Waals surface area contributed by atoms with Crippen molar-refractivity contribution in [3.05, 3.63) is 101 Å². The first-order chi connectivity index (χ1) is 14.4. The van der Waals surface area contributed by atoms with Crippen LogP contribution < -0.4 is 4.90 Å². The Morgan fingerprint density at radius 3 is 2.10 bits per heavy atom. The van der Waals surface area contributed by atoms with Crippen molar-refractivity contribution in [3.63, 3.8) is 0 Å². The predicted octanol–water partition coefficient (Wildman–Crippen LogP) is 4.47. The predicted molar refractivity (Wildman–Crippen MR) is 110 cm³/mol. The summed E-state index contributed by atoms with van der Waals surface area (Å²) in [5.41, 5.74) is 2.13. The smallest absolute Gasteiger partial charge is 0.300 e. The third-order valence-corrected chi connectivity index (χ3v) is 5.08. The molecule has 0 aromatic heterocycles. The molecule has 0 saturated carbocycles. The average Bonchev–Trinajstić information content (AvgIpc) is 3.00. The zero-order valence-electron chi connectivity index (χ0n) is 16.0. The van der Waals surface area contributed by atoms with Gasteiger partial charge in [-0.1, -0.05) is 42.0 Å². The highest BCUT2D eigenvalue weighted by Gasteiger charge is 2.46. The number of hydrogen-bond acceptors (Lipinski definition) is 4. The number of anilines is 1. The van der Waals surface area contributed by atoms with Crippen LogP contribution in [0.1, 0.15) is 22.7 Å². The number of phenols is 1. The Balaban J connectivity index is 1.93. The van der Waals surface area contributed by atoms with Crippen LogP contribution in [0, 0.1) is 12.7 Å². The lowest BCUT2D eigenvalue weighted by molar-refractivity contribution is -0.132. The van der Waals surface area contributed by atoms with Gasteiger partial charge in [-0.2, -0.15) is 0 Å². The number of aromatic hydroxyl groups is 1. The van der Waals surface area contributed by atoms with Crippen molar-refractivity contribution in [1.82, 2.24) is 0 Å². The highest BCUT2D eigenvalue weighted by Crippen LogP contribution is 2.42. The summed E-state index contributed by atoms with van der Waals surface area (Å²) in [7, 11) is 0. The second-order valence-electron chi connectivity index (χ2n) is 7.10. The number of ketones is 1. The lowest BCUT2D eigenvalue weighted by Crippen LogP contribution is -2.29. The van der Waals surface area contributed by atoms with Gasteiger partial charge in [0.2, 0.25) is 0 Å². The number of carbonyl (C=O) groups excluding carboxylic acids is 2. The number of aryl methyl sites for hydroxylation is 1. The minimum atomic E-state index is -0.948. The monoisotopic (exact) mass is 403 g/mol. The third-order valence-electron chi connectivity index (χ3n) is 5.08. The maximum Gasteiger partial charge on any atom is 0.300 e. The van der Waals surface area contributed by atoms with E-state index in [0.717, 1.165) is 5.56 Å². The van der Waals surface area contributed by atoms with Gasteiger partial charge in [-0.25, -0.2) is 4.39 Å². The number of Topliss-reactive ketones (excluding diaryl/α,β-unsaturated/α-hetero) is 1. The number of benzene rings is 3. The summed E-state index contributed by atoms with van der Waals surface area (Å²) in [5, 5.41) is 20.5. The first-order valence-electron chi connectivity index (χ1n) is 9.29. The van der Waals surface area contributed by atoms with Crippen molar-refractivity contribution in [1.29, 1.82) is 0 Å². The fourth-order valence-electron chi connectivity index (χ4n) is 3.54. The highest BCUT2D eigenvalue weighted by atomic mass is 19.1. The molecule has 6 heteroatoms. The van der Waals surface area contributed by atoms with Crippen molar-refractivity contribution in [2.24, 2.45) is 0 Å². The Labute approximate surface area is 172 Å². The van der Waals surface area contributed by atoms with Gasteiger partial charge < -0.3 is 10.2 Å². The van der Waals surface area contributed by atoms with Crippen LogP contribution in [0.5, 0.6) is 5.75 Å².